The van der Waals surface area contributed by atoms with Crippen LogP contribution in [0.25, 0.3) is 6.08 Å². The number of esters is 3. The summed E-state index contributed by atoms with van der Waals surface area (Å²) in [6.45, 7) is 0.494. The average Bonchev–Trinajstić information content (AvgIpc) is 2.93. The number of unbranched alkanes of at least 4 members (excludes halogenated alkanes) is 3. The van der Waals surface area contributed by atoms with Crippen molar-refractivity contribution in [2.24, 2.45) is 0 Å². The summed E-state index contributed by atoms with van der Waals surface area (Å²) in [5.41, 5.74) is 12.2. The summed E-state index contributed by atoms with van der Waals surface area (Å²) >= 11 is 0. The van der Waals surface area contributed by atoms with Crippen LogP contribution >= 0.6 is 0 Å². The third-order valence-corrected chi connectivity index (χ3v) is 5.68. The van der Waals surface area contributed by atoms with Crippen LogP contribution in [-0.4, -0.2) is 31.1 Å². The number of carbonyl (C=O) groups excluding carboxylic acids is 3. The largest absolute Gasteiger partial charge is 0.463 e. The van der Waals surface area contributed by atoms with Crippen LogP contribution in [-0.2, 0) is 20.4 Å². The van der Waals surface area contributed by atoms with Crippen molar-refractivity contribution in [2.45, 2.75) is 31.9 Å². The minimum atomic E-state index is -4.49. The van der Waals surface area contributed by atoms with Gasteiger partial charge in [-0.1, -0.05) is 12.1 Å². The van der Waals surface area contributed by atoms with Gasteiger partial charge in [0.2, 0.25) is 0 Å². The van der Waals surface area contributed by atoms with Crippen LogP contribution in [0.1, 0.15) is 57.5 Å². The highest BCUT2D eigenvalue weighted by Gasteiger charge is 2.30. The van der Waals surface area contributed by atoms with Crippen LogP contribution in [0.15, 0.2) is 72.8 Å². The molecular formula is C30H29F3N2O6. The second kappa shape index (κ2) is 14.5. The molecule has 4 N–H and O–H groups in total. The molecule has 0 aliphatic heterocycles. The molecule has 0 aliphatic carbocycles. The normalized spacial score (nSPS) is 11.3. The van der Waals surface area contributed by atoms with Gasteiger partial charge in [0.25, 0.3) is 0 Å². The first-order chi connectivity index (χ1) is 19.5. The summed E-state index contributed by atoms with van der Waals surface area (Å²) in [5.74, 6) is -1.61. The first kappa shape index (κ1) is 30.7. The third-order valence-electron chi connectivity index (χ3n) is 5.68. The topological polar surface area (TPSA) is 131 Å². The fourth-order valence-corrected chi connectivity index (χ4v) is 3.59. The van der Waals surface area contributed by atoms with E-state index in [1.165, 1.54) is 36.4 Å². The highest BCUT2D eigenvalue weighted by molar-refractivity contribution is 5.92. The summed E-state index contributed by atoms with van der Waals surface area (Å²) in [7, 11) is 0. The molecule has 8 nitrogen and oxygen atoms in total. The number of hydrogen-bond donors (Lipinski definition) is 2. The Morgan fingerprint density at radius 2 is 1.29 bits per heavy atom. The molecule has 0 unspecified atom stereocenters. The van der Waals surface area contributed by atoms with Crippen molar-refractivity contribution in [1.82, 2.24) is 0 Å². The Balaban J connectivity index is 1.29. The molecule has 0 aliphatic rings. The monoisotopic (exact) mass is 570 g/mol. The van der Waals surface area contributed by atoms with E-state index in [1.54, 1.807) is 18.2 Å². The van der Waals surface area contributed by atoms with Gasteiger partial charge in [0, 0.05) is 17.5 Å². The molecule has 216 valence electrons. The number of alkyl halides is 3. The molecule has 0 atom stereocenters. The lowest BCUT2D eigenvalue weighted by Gasteiger charge is -2.08. The van der Waals surface area contributed by atoms with Crippen molar-refractivity contribution in [2.75, 3.05) is 24.7 Å². The number of rotatable bonds is 12. The third kappa shape index (κ3) is 10.4. The number of anilines is 2. The molecule has 0 heterocycles. The van der Waals surface area contributed by atoms with Crippen molar-refractivity contribution in [3.8, 4) is 5.75 Å². The van der Waals surface area contributed by atoms with E-state index in [4.69, 9.17) is 25.7 Å². The van der Waals surface area contributed by atoms with E-state index in [1.807, 2.05) is 0 Å². The zero-order valence-electron chi connectivity index (χ0n) is 22.0. The Morgan fingerprint density at radius 1 is 0.707 bits per heavy atom. The van der Waals surface area contributed by atoms with Crippen molar-refractivity contribution in [1.29, 1.82) is 0 Å². The highest BCUT2D eigenvalue weighted by Crippen LogP contribution is 2.29. The molecular weight excluding hydrogens is 541 g/mol. The minimum absolute atomic E-state index is 0.0202. The van der Waals surface area contributed by atoms with Crippen LogP contribution in [0.3, 0.4) is 0 Å². The Morgan fingerprint density at radius 3 is 1.88 bits per heavy atom. The van der Waals surface area contributed by atoms with Gasteiger partial charge in [-0.15, -0.1) is 0 Å². The fraction of sp³-hybridized carbons (Fsp3) is 0.233. The number of nitrogen functional groups attached to an aromatic ring is 2. The summed E-state index contributed by atoms with van der Waals surface area (Å²) < 4.78 is 53.5. The van der Waals surface area contributed by atoms with Crippen LogP contribution in [0, 0.1) is 0 Å². The molecule has 0 radical (unpaired) electrons. The smallest absolute Gasteiger partial charge is 0.416 e. The van der Waals surface area contributed by atoms with Crippen molar-refractivity contribution >= 4 is 35.4 Å². The predicted molar refractivity (Wildman–Crippen MR) is 147 cm³/mol. The van der Waals surface area contributed by atoms with E-state index >= 15 is 0 Å². The summed E-state index contributed by atoms with van der Waals surface area (Å²) in [4.78, 5) is 36.1. The number of halogens is 3. The van der Waals surface area contributed by atoms with Gasteiger partial charge in [0.05, 0.1) is 29.9 Å². The van der Waals surface area contributed by atoms with Gasteiger partial charge in [-0.05, 0) is 91.9 Å². The summed E-state index contributed by atoms with van der Waals surface area (Å²) in [6.07, 6.45) is 1.19. The maximum atomic E-state index is 12.7. The van der Waals surface area contributed by atoms with E-state index in [9.17, 15) is 27.6 Å². The first-order valence-corrected chi connectivity index (χ1v) is 12.7. The van der Waals surface area contributed by atoms with Crippen LogP contribution in [0.5, 0.6) is 5.75 Å². The number of ether oxygens (including phenoxy) is 3. The minimum Gasteiger partial charge on any atom is -0.463 e. The van der Waals surface area contributed by atoms with Crippen LogP contribution in [0.4, 0.5) is 24.5 Å². The molecule has 0 aromatic heterocycles. The molecule has 0 amide bonds. The SMILES string of the molecule is Nc1cc(N)cc(C(=O)OCCCCCCOC(=O)/C=C/c2ccc(OC(=O)c3ccc(C(F)(F)F)cc3)cc2)c1. The fourth-order valence-electron chi connectivity index (χ4n) is 3.59. The van der Waals surface area contributed by atoms with E-state index in [0.29, 0.717) is 35.3 Å². The Hall–Kier alpha value is -4.80. The van der Waals surface area contributed by atoms with Crippen molar-refractivity contribution in [3.63, 3.8) is 0 Å². The first-order valence-electron chi connectivity index (χ1n) is 12.7. The quantitative estimate of drug-likeness (QED) is 0.0883. The Kier molecular flexibility index (Phi) is 10.9. The maximum absolute atomic E-state index is 12.7. The lowest BCUT2D eigenvalue weighted by Crippen LogP contribution is -2.10. The molecule has 0 saturated carbocycles. The average molecular weight is 571 g/mol. The second-order valence-electron chi connectivity index (χ2n) is 8.97. The molecule has 41 heavy (non-hydrogen) atoms. The number of nitrogens with two attached hydrogens (primary N) is 2. The number of hydrogen-bond acceptors (Lipinski definition) is 8. The highest BCUT2D eigenvalue weighted by atomic mass is 19.4. The van der Waals surface area contributed by atoms with Gasteiger partial charge in [0.15, 0.2) is 0 Å². The maximum Gasteiger partial charge on any atom is 0.416 e. The zero-order chi connectivity index (χ0) is 29.8. The standard InChI is InChI=1S/C30H29F3N2O6/c31-30(32,33)23-10-8-21(9-11-23)29(38)41-26-12-5-20(6-13-26)7-14-27(36)39-15-3-1-2-4-16-40-28(37)22-17-24(34)19-25(35)18-22/h5-14,17-19H,1-4,15-16,34-35H2/b14-7+. The lowest BCUT2D eigenvalue weighted by atomic mass is 10.1. The van der Waals surface area contributed by atoms with Crippen LogP contribution < -0.4 is 16.2 Å². The molecule has 0 spiro atoms. The van der Waals surface area contributed by atoms with Crippen LogP contribution in [0.2, 0.25) is 0 Å². The van der Waals surface area contributed by atoms with Gasteiger partial charge in [-0.25, -0.2) is 14.4 Å². The summed E-state index contributed by atoms with van der Waals surface area (Å²) in [5, 5.41) is 0. The van der Waals surface area contributed by atoms with Gasteiger partial charge in [-0.2, -0.15) is 13.2 Å². The molecule has 0 saturated heterocycles. The van der Waals surface area contributed by atoms with Crippen molar-refractivity contribution < 1.29 is 41.8 Å². The van der Waals surface area contributed by atoms with Gasteiger partial charge >= 0.3 is 24.1 Å². The Labute approximate surface area is 234 Å². The van der Waals surface area contributed by atoms with Gasteiger partial charge in [0.1, 0.15) is 5.75 Å². The van der Waals surface area contributed by atoms with E-state index in [2.05, 4.69) is 0 Å². The van der Waals surface area contributed by atoms with Gasteiger partial charge < -0.3 is 25.7 Å². The lowest BCUT2D eigenvalue weighted by molar-refractivity contribution is -0.138. The molecule has 3 aromatic rings. The molecule has 3 aromatic carbocycles. The Bertz CT molecular complexity index is 1350. The van der Waals surface area contributed by atoms with E-state index in [-0.39, 0.29) is 24.5 Å². The zero-order valence-corrected chi connectivity index (χ0v) is 22.0. The van der Waals surface area contributed by atoms with Gasteiger partial charge in [-0.3, -0.25) is 0 Å². The molecule has 0 bridgehead atoms. The number of carbonyl (C=O) groups is 3. The molecule has 11 heteroatoms. The predicted octanol–water partition coefficient (Wildman–Crippen LogP) is 6.06. The number of benzene rings is 3. The van der Waals surface area contributed by atoms with Crippen molar-refractivity contribution in [3.05, 3.63) is 95.1 Å². The summed E-state index contributed by atoms with van der Waals surface area (Å²) in [6, 6.07) is 14.5. The van der Waals surface area contributed by atoms with E-state index < -0.39 is 29.6 Å². The molecule has 0 fully saturated rings. The molecule has 3 rings (SSSR count). The second-order valence-corrected chi connectivity index (χ2v) is 8.97. The van der Waals surface area contributed by atoms with E-state index in [0.717, 1.165) is 37.1 Å².